The SMILES string of the molecule is C=CCN1C(=O)C(=O)C(=C(O)c2ccccc2)[C@@H]1c1ccc(OC)c(OC)c1. The fourth-order valence-electron chi connectivity index (χ4n) is 3.33. The minimum absolute atomic E-state index is 0.0327. The Balaban J connectivity index is 2.21. The van der Waals surface area contributed by atoms with Gasteiger partial charge in [-0.1, -0.05) is 42.5 Å². The average molecular weight is 379 g/mol. The highest BCUT2D eigenvalue weighted by Gasteiger charge is 2.45. The van der Waals surface area contributed by atoms with Gasteiger partial charge in [-0.3, -0.25) is 9.59 Å². The van der Waals surface area contributed by atoms with Gasteiger partial charge in [-0.15, -0.1) is 6.58 Å². The van der Waals surface area contributed by atoms with Crippen molar-refractivity contribution in [3.63, 3.8) is 0 Å². The highest BCUT2D eigenvalue weighted by atomic mass is 16.5. The maximum absolute atomic E-state index is 12.8. The van der Waals surface area contributed by atoms with Crippen molar-refractivity contribution >= 4 is 17.4 Å². The Morgan fingerprint density at radius 3 is 2.39 bits per heavy atom. The van der Waals surface area contributed by atoms with Crippen LogP contribution in [0.4, 0.5) is 0 Å². The van der Waals surface area contributed by atoms with Crippen LogP contribution in [-0.4, -0.2) is 42.5 Å². The summed E-state index contributed by atoms with van der Waals surface area (Å²) in [6.45, 7) is 3.83. The summed E-state index contributed by atoms with van der Waals surface area (Å²) >= 11 is 0. The maximum atomic E-state index is 12.8. The smallest absolute Gasteiger partial charge is 0.295 e. The number of aliphatic hydroxyl groups is 1. The van der Waals surface area contributed by atoms with E-state index in [1.807, 2.05) is 0 Å². The lowest BCUT2D eigenvalue weighted by molar-refractivity contribution is -0.139. The first-order valence-electron chi connectivity index (χ1n) is 8.70. The largest absolute Gasteiger partial charge is 0.507 e. The Hall–Kier alpha value is -3.54. The summed E-state index contributed by atoms with van der Waals surface area (Å²) in [6.07, 6.45) is 1.54. The van der Waals surface area contributed by atoms with Gasteiger partial charge in [0.15, 0.2) is 11.5 Å². The number of hydrogen-bond donors (Lipinski definition) is 1. The van der Waals surface area contributed by atoms with Crippen molar-refractivity contribution < 1.29 is 24.2 Å². The zero-order valence-corrected chi connectivity index (χ0v) is 15.7. The van der Waals surface area contributed by atoms with Crippen molar-refractivity contribution in [2.45, 2.75) is 6.04 Å². The van der Waals surface area contributed by atoms with Gasteiger partial charge in [-0.25, -0.2) is 0 Å². The molecule has 0 aliphatic carbocycles. The lowest BCUT2D eigenvalue weighted by Crippen LogP contribution is -2.29. The van der Waals surface area contributed by atoms with Crippen LogP contribution < -0.4 is 9.47 Å². The van der Waals surface area contributed by atoms with Gasteiger partial charge < -0.3 is 19.5 Å². The minimum Gasteiger partial charge on any atom is -0.507 e. The van der Waals surface area contributed by atoms with Crippen molar-refractivity contribution in [3.05, 3.63) is 77.9 Å². The molecular formula is C22H21NO5. The molecule has 0 spiro atoms. The average Bonchev–Trinajstić information content (AvgIpc) is 2.98. The minimum atomic E-state index is -0.766. The number of carbonyl (C=O) groups is 2. The molecule has 6 nitrogen and oxygen atoms in total. The number of ketones is 1. The van der Waals surface area contributed by atoms with Crippen molar-refractivity contribution in [1.29, 1.82) is 0 Å². The van der Waals surface area contributed by atoms with Gasteiger partial charge >= 0.3 is 0 Å². The molecule has 1 saturated heterocycles. The van der Waals surface area contributed by atoms with Gasteiger partial charge in [0.1, 0.15) is 5.76 Å². The molecule has 144 valence electrons. The van der Waals surface area contributed by atoms with Crippen molar-refractivity contribution in [3.8, 4) is 11.5 Å². The number of ether oxygens (including phenoxy) is 2. The summed E-state index contributed by atoms with van der Waals surface area (Å²) in [7, 11) is 3.03. The van der Waals surface area contributed by atoms with E-state index in [9.17, 15) is 14.7 Å². The Morgan fingerprint density at radius 2 is 1.79 bits per heavy atom. The number of likely N-dealkylation sites (tertiary alicyclic amines) is 1. The zero-order valence-electron chi connectivity index (χ0n) is 15.7. The third-order valence-corrected chi connectivity index (χ3v) is 4.64. The molecule has 1 aliphatic heterocycles. The maximum Gasteiger partial charge on any atom is 0.295 e. The first kappa shape index (κ1) is 19.2. The number of carbonyl (C=O) groups excluding carboxylic acids is 2. The molecule has 3 rings (SSSR count). The standard InChI is InChI=1S/C22H21NO5/c1-4-12-23-19(15-10-11-16(27-2)17(13-15)28-3)18(21(25)22(23)26)20(24)14-8-6-5-7-9-14/h4-11,13,19,24H,1,12H2,2-3H3/t19-/m0/s1. The first-order chi connectivity index (χ1) is 13.5. The summed E-state index contributed by atoms with van der Waals surface area (Å²) in [4.78, 5) is 26.8. The van der Waals surface area contributed by atoms with Gasteiger partial charge in [-0.05, 0) is 17.7 Å². The molecule has 2 aromatic rings. The number of methoxy groups -OCH3 is 2. The molecule has 6 heteroatoms. The van der Waals surface area contributed by atoms with Crippen molar-refractivity contribution in [1.82, 2.24) is 4.90 Å². The predicted octanol–water partition coefficient (Wildman–Crippen LogP) is 3.31. The molecule has 1 atom stereocenters. The van der Waals surface area contributed by atoms with Gasteiger partial charge in [0.05, 0.1) is 25.8 Å². The van der Waals surface area contributed by atoms with Crippen LogP contribution in [-0.2, 0) is 9.59 Å². The third-order valence-electron chi connectivity index (χ3n) is 4.64. The molecule has 0 bridgehead atoms. The molecule has 2 aromatic carbocycles. The fourth-order valence-corrected chi connectivity index (χ4v) is 3.33. The quantitative estimate of drug-likeness (QED) is 0.361. The lowest BCUT2D eigenvalue weighted by atomic mass is 9.95. The van der Waals surface area contributed by atoms with E-state index in [4.69, 9.17) is 9.47 Å². The molecular weight excluding hydrogens is 358 g/mol. The topological polar surface area (TPSA) is 76.1 Å². The Labute approximate surface area is 163 Å². The number of rotatable bonds is 6. The highest BCUT2D eigenvalue weighted by Crippen LogP contribution is 2.41. The summed E-state index contributed by atoms with van der Waals surface area (Å²) in [5.74, 6) is -0.649. The Morgan fingerprint density at radius 1 is 1.11 bits per heavy atom. The molecule has 1 heterocycles. The second-order valence-corrected chi connectivity index (χ2v) is 6.22. The zero-order chi connectivity index (χ0) is 20.3. The van der Waals surface area contributed by atoms with E-state index in [1.165, 1.54) is 19.1 Å². The fraction of sp³-hybridized carbons (Fsp3) is 0.182. The van der Waals surface area contributed by atoms with Crippen LogP contribution in [0.15, 0.2) is 66.8 Å². The molecule has 0 saturated carbocycles. The van der Waals surface area contributed by atoms with E-state index in [0.717, 1.165) is 0 Å². The molecule has 0 aromatic heterocycles. The van der Waals surface area contributed by atoms with E-state index >= 15 is 0 Å². The molecule has 1 N–H and O–H groups in total. The summed E-state index contributed by atoms with van der Waals surface area (Å²) in [5, 5.41) is 10.9. The van der Waals surface area contributed by atoms with E-state index in [1.54, 1.807) is 54.6 Å². The molecule has 28 heavy (non-hydrogen) atoms. The molecule has 1 fully saturated rings. The second kappa shape index (κ2) is 8.00. The van der Waals surface area contributed by atoms with Crippen LogP contribution in [0, 0.1) is 0 Å². The number of benzene rings is 2. The second-order valence-electron chi connectivity index (χ2n) is 6.22. The number of Topliss-reactive ketones (excluding diaryl/α,β-unsaturated/α-hetero) is 1. The summed E-state index contributed by atoms with van der Waals surface area (Å²) in [5.41, 5.74) is 1.12. The van der Waals surface area contributed by atoms with E-state index in [-0.39, 0.29) is 17.9 Å². The predicted molar refractivity (Wildman–Crippen MR) is 105 cm³/mol. The van der Waals surface area contributed by atoms with E-state index < -0.39 is 17.7 Å². The molecule has 0 radical (unpaired) electrons. The van der Waals surface area contributed by atoms with Crippen molar-refractivity contribution in [2.24, 2.45) is 0 Å². The van der Waals surface area contributed by atoms with Crippen LogP contribution in [0.2, 0.25) is 0 Å². The van der Waals surface area contributed by atoms with Gasteiger partial charge in [0, 0.05) is 12.1 Å². The van der Waals surface area contributed by atoms with Crippen LogP contribution in [0.5, 0.6) is 11.5 Å². The van der Waals surface area contributed by atoms with E-state index in [2.05, 4.69) is 6.58 Å². The van der Waals surface area contributed by atoms with Gasteiger partial charge in [0.25, 0.3) is 11.7 Å². The summed E-state index contributed by atoms with van der Waals surface area (Å²) in [6, 6.07) is 13.0. The molecule has 1 amide bonds. The first-order valence-corrected chi connectivity index (χ1v) is 8.70. The Bertz CT molecular complexity index is 949. The number of amides is 1. The number of hydrogen-bond acceptors (Lipinski definition) is 5. The number of nitrogens with zero attached hydrogens (tertiary/aromatic N) is 1. The van der Waals surface area contributed by atoms with Crippen LogP contribution in [0.3, 0.4) is 0 Å². The van der Waals surface area contributed by atoms with Gasteiger partial charge in [-0.2, -0.15) is 0 Å². The lowest BCUT2D eigenvalue weighted by Gasteiger charge is -2.24. The number of aliphatic hydroxyl groups excluding tert-OH is 1. The van der Waals surface area contributed by atoms with Crippen LogP contribution in [0.1, 0.15) is 17.2 Å². The molecule has 0 unspecified atom stereocenters. The van der Waals surface area contributed by atoms with Crippen LogP contribution in [0.25, 0.3) is 5.76 Å². The Kier molecular flexibility index (Phi) is 5.49. The highest BCUT2D eigenvalue weighted by molar-refractivity contribution is 6.46. The van der Waals surface area contributed by atoms with Crippen LogP contribution >= 0.6 is 0 Å². The molecule has 1 aliphatic rings. The third kappa shape index (κ3) is 3.24. The van der Waals surface area contributed by atoms with E-state index in [0.29, 0.717) is 22.6 Å². The van der Waals surface area contributed by atoms with Gasteiger partial charge in [0.2, 0.25) is 0 Å². The van der Waals surface area contributed by atoms with Crippen molar-refractivity contribution in [2.75, 3.05) is 20.8 Å². The monoisotopic (exact) mass is 379 g/mol. The normalized spacial score (nSPS) is 18.2. The summed E-state index contributed by atoms with van der Waals surface area (Å²) < 4.78 is 10.6.